The van der Waals surface area contributed by atoms with Crippen molar-refractivity contribution in [2.75, 3.05) is 0 Å². The van der Waals surface area contributed by atoms with Gasteiger partial charge >= 0.3 is 35.8 Å². The van der Waals surface area contributed by atoms with Crippen LogP contribution >= 0.6 is 0 Å². The summed E-state index contributed by atoms with van der Waals surface area (Å²) in [5, 5.41) is 0. The van der Waals surface area contributed by atoms with E-state index in [0.717, 1.165) is 128 Å². The molecule has 0 aromatic rings. The van der Waals surface area contributed by atoms with Crippen LogP contribution in [0, 0.1) is 33.0 Å². The Kier molecular flexibility index (Phi) is 81.9. The van der Waals surface area contributed by atoms with Gasteiger partial charge in [-0.3, -0.25) is 28.8 Å². The molecule has 0 bridgehead atoms. The van der Waals surface area contributed by atoms with Crippen LogP contribution < -0.4 is 0 Å². The zero-order valence-electron chi connectivity index (χ0n) is 72.3. The molecule has 0 spiro atoms. The van der Waals surface area contributed by atoms with Crippen molar-refractivity contribution in [2.45, 2.75) is 603 Å². The van der Waals surface area contributed by atoms with E-state index in [-0.39, 0.29) is 192 Å². The molecule has 0 N–H and O–H groups in total. The minimum absolute atomic E-state index is 0. The predicted molar refractivity (Wildman–Crippen MR) is 511 cm³/mol. The van der Waals surface area contributed by atoms with Gasteiger partial charge in [-0.05, 0) is 302 Å². The summed E-state index contributed by atoms with van der Waals surface area (Å²) in [6.45, 7) is 46.7. The maximum Gasteiger partial charge on any atom is 0.312 e. The maximum absolute atomic E-state index is 12.4. The van der Waals surface area contributed by atoms with E-state index in [4.69, 9.17) is 28.4 Å². The van der Waals surface area contributed by atoms with Crippen molar-refractivity contribution >= 4 is 35.8 Å². The van der Waals surface area contributed by atoms with Gasteiger partial charge in [0.2, 0.25) is 0 Å². The number of carbonyl (C=O) groups is 6. The molecule has 702 valence electrons. The van der Waals surface area contributed by atoms with E-state index < -0.39 is 0 Å². The highest BCUT2D eigenvalue weighted by Gasteiger charge is 2.42. The van der Waals surface area contributed by atoms with Crippen molar-refractivity contribution < 1.29 is 57.2 Å². The molecule has 0 saturated heterocycles. The third kappa shape index (κ3) is 54.0. The molecule has 12 nitrogen and oxygen atoms in total. The molecule has 0 radical (unpaired) electrons. The Balaban J connectivity index is -0.000000109. The minimum atomic E-state index is -0.354. The van der Waals surface area contributed by atoms with E-state index in [1.807, 2.05) is 104 Å². The largest absolute Gasteiger partial charge is 0.459 e. The molecular weight excluding hydrogens is 1430 g/mol. The summed E-state index contributed by atoms with van der Waals surface area (Å²) in [7, 11) is 0. The highest BCUT2D eigenvalue weighted by molar-refractivity contribution is 5.78. The number of hydrogen-bond acceptors (Lipinski definition) is 12. The van der Waals surface area contributed by atoms with E-state index in [9.17, 15) is 28.8 Å². The van der Waals surface area contributed by atoms with Gasteiger partial charge in [-0.1, -0.05) is 267 Å². The third-order valence-electron chi connectivity index (χ3n) is 25.6. The van der Waals surface area contributed by atoms with E-state index in [2.05, 4.69) is 55.4 Å². The van der Waals surface area contributed by atoms with Gasteiger partial charge in [0, 0.05) is 0 Å². The summed E-state index contributed by atoms with van der Waals surface area (Å²) in [6, 6.07) is 0. The molecule has 115 heavy (non-hydrogen) atoms. The van der Waals surface area contributed by atoms with E-state index in [1.54, 1.807) is 0 Å². The average molecular weight is 1650 g/mol. The fraction of sp³-hybridized carbons (Fsp3) is 0.942. The molecule has 6 saturated carbocycles. The van der Waals surface area contributed by atoms with Gasteiger partial charge in [0.15, 0.2) is 0 Å². The first-order valence-electron chi connectivity index (χ1n) is 43.6. The summed E-state index contributed by atoms with van der Waals surface area (Å²) in [4.78, 5) is 72.7. The summed E-state index contributed by atoms with van der Waals surface area (Å²) in [5.41, 5.74) is -2.88. The van der Waals surface area contributed by atoms with Gasteiger partial charge in [0.05, 0.1) is 33.0 Å². The fourth-order valence-corrected chi connectivity index (χ4v) is 14.2. The van der Waals surface area contributed by atoms with Crippen LogP contribution in [0.15, 0.2) is 0 Å². The molecule has 0 aliphatic heterocycles. The van der Waals surface area contributed by atoms with Crippen molar-refractivity contribution in [3.63, 3.8) is 0 Å². The van der Waals surface area contributed by atoms with Gasteiger partial charge in [-0.15, -0.1) is 0 Å². The monoisotopic (exact) mass is 1650 g/mol. The molecule has 0 heterocycles. The van der Waals surface area contributed by atoms with Crippen molar-refractivity contribution in [3.05, 3.63) is 0 Å². The lowest BCUT2D eigenvalue weighted by atomic mass is 9.87. The van der Waals surface area contributed by atoms with Crippen molar-refractivity contribution in [1.29, 1.82) is 0 Å². The molecule has 0 amide bonds. The second kappa shape index (κ2) is 68.4. The normalized spacial score (nSPS) is 19.2. The second-order valence-electron chi connectivity index (χ2n) is 37.3. The SMILES string of the molecule is C.C.C.C.C.C.C.C.C.C.C.C.CCC(C)(C)C(=O)OC1(C)CCCC1.CCC(C)(C)C(=O)OC1(C)CCCCCC1.CCC(C)(C)C(=O)OC1(C)CCCCCCCCC1.CCC(C)(C)C(=O)OC1(C)CCCCCCCCCCC1.CCC(C)C(=O)OC1(CC)CCCCCC1.CCC1(OC(=O)C(C)(C)CC)CCCCCC1. The molecule has 1 atom stereocenters. The molecule has 6 fully saturated rings. The van der Waals surface area contributed by atoms with Crippen LogP contribution in [0.4, 0.5) is 0 Å². The summed E-state index contributed by atoms with van der Waals surface area (Å²) in [6.07, 6.45) is 57.5. The average Bonchev–Trinajstić information content (AvgIpc) is 1.71. The molecule has 12 heteroatoms. The number of esters is 6. The second-order valence-corrected chi connectivity index (χ2v) is 37.3. The molecular formula is C103H218O12. The van der Waals surface area contributed by atoms with Gasteiger partial charge in [0.1, 0.15) is 33.6 Å². The van der Waals surface area contributed by atoms with E-state index in [0.29, 0.717) is 0 Å². The lowest BCUT2D eigenvalue weighted by Gasteiger charge is -2.35. The molecule has 0 aromatic carbocycles. The van der Waals surface area contributed by atoms with Crippen LogP contribution in [0.2, 0.25) is 0 Å². The van der Waals surface area contributed by atoms with Crippen LogP contribution in [0.3, 0.4) is 0 Å². The molecule has 6 aliphatic rings. The third-order valence-corrected chi connectivity index (χ3v) is 25.6. The molecule has 1 unspecified atom stereocenters. The Hall–Kier alpha value is -3.18. The summed E-state index contributed by atoms with van der Waals surface area (Å²) >= 11 is 0. The van der Waals surface area contributed by atoms with Crippen LogP contribution in [-0.4, -0.2) is 69.4 Å². The Morgan fingerprint density at radius 3 is 0.530 bits per heavy atom. The highest BCUT2D eigenvalue weighted by Crippen LogP contribution is 2.41. The Morgan fingerprint density at radius 2 is 0.374 bits per heavy atom. The Morgan fingerprint density at radius 1 is 0.235 bits per heavy atom. The molecule has 6 aliphatic carbocycles. The zero-order valence-corrected chi connectivity index (χ0v) is 72.3. The van der Waals surface area contributed by atoms with Crippen LogP contribution in [0.5, 0.6) is 0 Å². The fourth-order valence-electron chi connectivity index (χ4n) is 14.2. The Bertz CT molecular complexity index is 2310. The van der Waals surface area contributed by atoms with Crippen molar-refractivity contribution in [3.8, 4) is 0 Å². The summed E-state index contributed by atoms with van der Waals surface area (Å²) < 4.78 is 35.1. The lowest BCUT2D eigenvalue weighted by molar-refractivity contribution is -0.173. The number of rotatable bonds is 20. The van der Waals surface area contributed by atoms with Crippen LogP contribution in [0.25, 0.3) is 0 Å². The van der Waals surface area contributed by atoms with Gasteiger partial charge in [-0.2, -0.15) is 0 Å². The maximum atomic E-state index is 12.4. The smallest absolute Gasteiger partial charge is 0.312 e. The lowest BCUT2D eigenvalue weighted by Crippen LogP contribution is -2.39. The van der Waals surface area contributed by atoms with Gasteiger partial charge in [-0.25, -0.2) is 0 Å². The number of carbonyl (C=O) groups excluding carboxylic acids is 6. The van der Waals surface area contributed by atoms with E-state index >= 15 is 0 Å². The first-order chi connectivity index (χ1) is 48.2. The quantitative estimate of drug-likeness (QED) is 0.0646. The molecule has 6 rings (SSSR count). The Labute approximate surface area is 725 Å². The van der Waals surface area contributed by atoms with E-state index in [1.165, 1.54) is 193 Å². The van der Waals surface area contributed by atoms with Crippen molar-refractivity contribution in [2.24, 2.45) is 33.0 Å². The van der Waals surface area contributed by atoms with Gasteiger partial charge < -0.3 is 28.4 Å². The number of ether oxygens (including phenoxy) is 6. The highest BCUT2D eigenvalue weighted by atomic mass is 16.6. The van der Waals surface area contributed by atoms with Crippen molar-refractivity contribution in [1.82, 2.24) is 0 Å². The van der Waals surface area contributed by atoms with Gasteiger partial charge in [0.25, 0.3) is 0 Å². The standard InChI is InChI=1S/C19H36O2.C17H32O2.C15H28O2.2C14H26O2.C12H22O2.12CH4/c1-5-18(2,3)17(20)21-19(4)15-13-11-9-7-6-8-10-12-14-16-19;1-5-16(2,3)15(18)19-17(4)13-11-9-7-6-8-10-12-14-17;1-5-14(3,4)13(16)17-15(6-2)11-9-7-8-10-12-15;1-5-13(2,3)12(15)16-14(4)10-8-6-7-9-11-14;1-4-12(3)13(15)16-14(5-2)10-8-6-7-9-11-14;1-5-11(2,3)10(13)14-12(4)8-6-7-9-12;;;;;;;;;;;;/h5-16H2,1-4H3;5-14H2,1-4H3;5-12H2,1-4H3;5-11H2,1-4H3;12H,4-11H2,1-3H3;5-9H2,1-4H3;12*1H4. The van der Waals surface area contributed by atoms with Crippen LogP contribution in [-0.2, 0) is 57.2 Å². The first-order valence-corrected chi connectivity index (χ1v) is 43.6. The first kappa shape index (κ1) is 138. The minimum Gasteiger partial charge on any atom is -0.459 e. The molecule has 0 aromatic heterocycles. The van der Waals surface area contributed by atoms with Crippen LogP contribution in [0.1, 0.15) is 569 Å². The predicted octanol–water partition coefficient (Wildman–Crippen LogP) is 34.8. The zero-order chi connectivity index (χ0) is 78.1. The summed E-state index contributed by atoms with van der Waals surface area (Å²) in [5.74, 6) is -0.0559. The number of hydrogen-bond donors (Lipinski definition) is 0. The topological polar surface area (TPSA) is 158 Å².